The highest BCUT2D eigenvalue weighted by atomic mass is 19.1. The normalized spacial score (nSPS) is 18.1. The lowest BCUT2D eigenvalue weighted by Gasteiger charge is -2.25. The first-order valence-electron chi connectivity index (χ1n) is 6.09. The van der Waals surface area contributed by atoms with Crippen molar-refractivity contribution in [1.82, 2.24) is 5.32 Å². The van der Waals surface area contributed by atoms with Crippen LogP contribution in [0.1, 0.15) is 48.5 Å². The molecule has 3 heteroatoms. The highest BCUT2D eigenvalue weighted by molar-refractivity contribution is 5.96. The van der Waals surface area contributed by atoms with E-state index < -0.39 is 0 Å². The number of hydrogen-bond acceptors (Lipinski definition) is 1. The first-order valence-corrected chi connectivity index (χ1v) is 6.09. The van der Waals surface area contributed by atoms with Crippen LogP contribution in [0.3, 0.4) is 0 Å². The topological polar surface area (TPSA) is 29.1 Å². The average Bonchev–Trinajstić information content (AvgIpc) is 2.64. The summed E-state index contributed by atoms with van der Waals surface area (Å²) in [5.74, 6) is -0.391. The average molecular weight is 235 g/mol. The molecule has 0 saturated heterocycles. The number of carbonyl (C=O) groups excluding carboxylic acids is 1. The highest BCUT2D eigenvalue weighted by Crippen LogP contribution is 2.29. The Kier molecular flexibility index (Phi) is 3.18. The highest BCUT2D eigenvalue weighted by Gasteiger charge is 2.30. The van der Waals surface area contributed by atoms with Crippen molar-refractivity contribution < 1.29 is 9.18 Å². The number of amides is 1. The molecule has 2 nitrogen and oxygen atoms in total. The van der Waals surface area contributed by atoms with E-state index in [1.165, 1.54) is 25.0 Å². The summed E-state index contributed by atoms with van der Waals surface area (Å²) in [6.07, 6.45) is 4.39. The molecule has 0 bridgehead atoms. The third-order valence-electron chi connectivity index (χ3n) is 3.56. The van der Waals surface area contributed by atoms with Crippen molar-refractivity contribution in [2.45, 2.75) is 45.1 Å². The summed E-state index contributed by atoms with van der Waals surface area (Å²) >= 11 is 0. The van der Waals surface area contributed by atoms with E-state index in [0.717, 1.165) is 12.8 Å². The molecular weight excluding hydrogens is 217 g/mol. The van der Waals surface area contributed by atoms with E-state index in [4.69, 9.17) is 0 Å². The fourth-order valence-corrected chi connectivity index (χ4v) is 2.50. The number of carbonyl (C=O) groups is 1. The van der Waals surface area contributed by atoms with Gasteiger partial charge in [-0.25, -0.2) is 4.39 Å². The van der Waals surface area contributed by atoms with Gasteiger partial charge in [-0.15, -0.1) is 0 Å². The maximum Gasteiger partial charge on any atom is 0.251 e. The van der Waals surface area contributed by atoms with Gasteiger partial charge >= 0.3 is 0 Å². The van der Waals surface area contributed by atoms with Crippen molar-refractivity contribution in [2.24, 2.45) is 0 Å². The Morgan fingerprint density at radius 1 is 1.35 bits per heavy atom. The second-order valence-corrected chi connectivity index (χ2v) is 5.18. The molecule has 0 radical (unpaired) electrons. The Morgan fingerprint density at radius 3 is 2.59 bits per heavy atom. The molecule has 1 fully saturated rings. The van der Waals surface area contributed by atoms with Crippen LogP contribution < -0.4 is 5.32 Å². The molecule has 1 aliphatic rings. The Morgan fingerprint density at radius 2 is 2.00 bits per heavy atom. The minimum Gasteiger partial charge on any atom is -0.347 e. The summed E-state index contributed by atoms with van der Waals surface area (Å²) in [7, 11) is 0. The van der Waals surface area contributed by atoms with Crippen molar-refractivity contribution in [3.63, 3.8) is 0 Å². The van der Waals surface area contributed by atoms with E-state index >= 15 is 0 Å². The SMILES string of the molecule is Cc1cc(F)ccc1C(=O)NC1(C)CCCC1. The minimum atomic E-state index is -0.300. The lowest BCUT2D eigenvalue weighted by Crippen LogP contribution is -2.43. The molecule has 17 heavy (non-hydrogen) atoms. The minimum absolute atomic E-state index is 0.0854. The zero-order chi connectivity index (χ0) is 12.5. The van der Waals surface area contributed by atoms with Gasteiger partial charge in [0.1, 0.15) is 5.82 Å². The van der Waals surface area contributed by atoms with Crippen LogP contribution in [-0.2, 0) is 0 Å². The maximum atomic E-state index is 13.0. The Bertz CT molecular complexity index is 436. The number of halogens is 1. The molecule has 2 rings (SSSR count). The summed E-state index contributed by atoms with van der Waals surface area (Å²) in [5, 5.41) is 3.07. The Hall–Kier alpha value is -1.38. The van der Waals surface area contributed by atoms with Crippen LogP contribution in [-0.4, -0.2) is 11.4 Å². The van der Waals surface area contributed by atoms with Crippen LogP contribution in [0.2, 0.25) is 0 Å². The van der Waals surface area contributed by atoms with Gasteiger partial charge in [0, 0.05) is 11.1 Å². The first-order chi connectivity index (χ1) is 8.00. The van der Waals surface area contributed by atoms with Crippen molar-refractivity contribution >= 4 is 5.91 Å². The molecule has 0 unspecified atom stereocenters. The molecule has 0 atom stereocenters. The summed E-state index contributed by atoms with van der Waals surface area (Å²) in [5.41, 5.74) is 1.17. The Balaban J connectivity index is 2.14. The van der Waals surface area contributed by atoms with E-state index in [2.05, 4.69) is 12.2 Å². The largest absolute Gasteiger partial charge is 0.347 e. The van der Waals surface area contributed by atoms with Gasteiger partial charge in [0.25, 0.3) is 5.91 Å². The van der Waals surface area contributed by atoms with Crippen LogP contribution in [0.5, 0.6) is 0 Å². The first kappa shape index (κ1) is 12.1. The van der Waals surface area contributed by atoms with Gasteiger partial charge in [-0.2, -0.15) is 0 Å². The lowest BCUT2D eigenvalue weighted by atomic mass is 9.99. The van der Waals surface area contributed by atoms with Crippen LogP contribution in [0.4, 0.5) is 4.39 Å². The standard InChI is InChI=1S/C14H18FNO/c1-10-9-11(15)5-6-12(10)13(17)16-14(2)7-3-4-8-14/h5-6,9H,3-4,7-8H2,1-2H3,(H,16,17). The van der Waals surface area contributed by atoms with Gasteiger partial charge in [0.15, 0.2) is 0 Å². The molecule has 0 aliphatic heterocycles. The molecule has 1 aromatic rings. The van der Waals surface area contributed by atoms with E-state index in [-0.39, 0.29) is 17.3 Å². The molecule has 1 aromatic carbocycles. The maximum absolute atomic E-state index is 13.0. The number of hydrogen-bond donors (Lipinski definition) is 1. The van der Waals surface area contributed by atoms with Crippen molar-refractivity contribution in [1.29, 1.82) is 0 Å². The predicted octanol–water partition coefficient (Wildman–Crippen LogP) is 3.20. The number of rotatable bonds is 2. The third-order valence-corrected chi connectivity index (χ3v) is 3.56. The van der Waals surface area contributed by atoms with Crippen LogP contribution in [0.15, 0.2) is 18.2 Å². The van der Waals surface area contributed by atoms with Crippen LogP contribution >= 0.6 is 0 Å². The van der Waals surface area contributed by atoms with Crippen LogP contribution in [0, 0.1) is 12.7 Å². The summed E-state index contributed by atoms with van der Waals surface area (Å²) in [4.78, 5) is 12.1. The third kappa shape index (κ3) is 2.65. The molecule has 1 amide bonds. The summed E-state index contributed by atoms with van der Waals surface area (Å²) in [6.45, 7) is 3.84. The molecule has 0 aromatic heterocycles. The zero-order valence-electron chi connectivity index (χ0n) is 10.3. The van der Waals surface area contributed by atoms with E-state index in [0.29, 0.717) is 11.1 Å². The van der Waals surface area contributed by atoms with Crippen molar-refractivity contribution in [3.05, 3.63) is 35.1 Å². The van der Waals surface area contributed by atoms with Crippen molar-refractivity contribution in [3.8, 4) is 0 Å². The zero-order valence-corrected chi connectivity index (χ0v) is 10.3. The smallest absolute Gasteiger partial charge is 0.251 e. The van der Waals surface area contributed by atoms with Crippen molar-refractivity contribution in [2.75, 3.05) is 0 Å². The second-order valence-electron chi connectivity index (χ2n) is 5.18. The summed E-state index contributed by atoms with van der Waals surface area (Å²) in [6, 6.07) is 4.28. The fraction of sp³-hybridized carbons (Fsp3) is 0.500. The van der Waals surface area contributed by atoms with Gasteiger partial charge in [0.2, 0.25) is 0 Å². The van der Waals surface area contributed by atoms with E-state index in [1.807, 2.05) is 0 Å². The van der Waals surface area contributed by atoms with E-state index in [9.17, 15) is 9.18 Å². The number of benzene rings is 1. The molecule has 1 N–H and O–H groups in total. The monoisotopic (exact) mass is 235 g/mol. The number of nitrogens with one attached hydrogen (secondary N) is 1. The van der Waals surface area contributed by atoms with Gasteiger partial charge in [-0.05, 0) is 50.5 Å². The van der Waals surface area contributed by atoms with E-state index in [1.54, 1.807) is 13.0 Å². The van der Waals surface area contributed by atoms with Gasteiger partial charge < -0.3 is 5.32 Å². The van der Waals surface area contributed by atoms with Gasteiger partial charge in [-0.3, -0.25) is 4.79 Å². The summed E-state index contributed by atoms with van der Waals surface area (Å²) < 4.78 is 13.0. The number of aryl methyl sites for hydroxylation is 1. The fourth-order valence-electron chi connectivity index (χ4n) is 2.50. The molecule has 0 heterocycles. The van der Waals surface area contributed by atoms with Crippen LogP contribution in [0.25, 0.3) is 0 Å². The quantitative estimate of drug-likeness (QED) is 0.838. The molecule has 92 valence electrons. The lowest BCUT2D eigenvalue weighted by molar-refractivity contribution is 0.0907. The second kappa shape index (κ2) is 4.47. The molecule has 0 spiro atoms. The van der Waals surface area contributed by atoms with Gasteiger partial charge in [0.05, 0.1) is 0 Å². The molecule has 1 aliphatic carbocycles. The molecule has 1 saturated carbocycles. The molecular formula is C14H18FNO. The predicted molar refractivity (Wildman–Crippen MR) is 65.5 cm³/mol. The van der Waals surface area contributed by atoms with Gasteiger partial charge in [-0.1, -0.05) is 12.8 Å². The Labute approximate surface area is 101 Å².